The van der Waals surface area contributed by atoms with Gasteiger partial charge in [-0.2, -0.15) is 0 Å². The van der Waals surface area contributed by atoms with Crippen LogP contribution in [0.1, 0.15) is 0 Å². The molecule has 15 heavy (non-hydrogen) atoms. The van der Waals surface area contributed by atoms with E-state index in [0.29, 0.717) is 18.8 Å². The molecule has 5 nitrogen and oxygen atoms in total. The first kappa shape index (κ1) is 10.2. The van der Waals surface area contributed by atoms with Gasteiger partial charge in [-0.1, -0.05) is 12.1 Å². The van der Waals surface area contributed by atoms with Gasteiger partial charge in [0, 0.05) is 6.54 Å². The first-order chi connectivity index (χ1) is 7.11. The van der Waals surface area contributed by atoms with Gasteiger partial charge in [0.1, 0.15) is 12.4 Å². The monoisotopic (exact) mass is 211 g/mol. The largest absolute Gasteiger partial charge is 0.506 e. The van der Waals surface area contributed by atoms with E-state index in [0.717, 1.165) is 0 Å². The highest BCUT2D eigenvalue weighted by Gasteiger charge is 2.36. The Bertz CT molecular complexity index is 353. The van der Waals surface area contributed by atoms with Gasteiger partial charge in [-0.05, 0) is 12.1 Å². The summed E-state index contributed by atoms with van der Waals surface area (Å²) in [5.41, 5.74) is 0.394. The molecule has 0 bridgehead atoms. The summed E-state index contributed by atoms with van der Waals surface area (Å²) >= 11 is 0. The Morgan fingerprint density at radius 3 is 2.67 bits per heavy atom. The molecule has 1 fully saturated rings. The molecule has 1 aromatic carbocycles. The number of phenolic OH excluding ortho intramolecular Hbond substituents is 1. The lowest BCUT2D eigenvalue weighted by Gasteiger charge is -2.40. The van der Waals surface area contributed by atoms with E-state index >= 15 is 0 Å². The number of ether oxygens (including phenoxy) is 1. The molecule has 0 saturated carbocycles. The molecule has 0 atom stereocenters. The Morgan fingerprint density at radius 2 is 2.00 bits per heavy atom. The first-order valence-electron chi connectivity index (χ1n) is 4.69. The quantitative estimate of drug-likeness (QED) is 0.564. The lowest BCUT2D eigenvalue weighted by molar-refractivity contribution is -0.213. The van der Waals surface area contributed by atoms with Gasteiger partial charge in [-0.3, -0.25) is 0 Å². The molecule has 1 saturated heterocycles. The van der Waals surface area contributed by atoms with E-state index in [1.54, 1.807) is 18.2 Å². The molecule has 82 valence electrons. The Kier molecular flexibility index (Phi) is 2.52. The average Bonchev–Trinajstić information content (AvgIpc) is 2.19. The topological polar surface area (TPSA) is 73.2 Å². The Balaban J connectivity index is 2.33. The highest BCUT2D eigenvalue weighted by Crippen LogP contribution is 2.31. The minimum atomic E-state index is -2.06. The van der Waals surface area contributed by atoms with Crippen LogP contribution in [0.2, 0.25) is 0 Å². The fraction of sp³-hybridized carbons (Fsp3) is 0.400. The fourth-order valence-electron chi connectivity index (χ4n) is 1.63. The predicted octanol–water partition coefficient (Wildman–Crippen LogP) is -0.133. The van der Waals surface area contributed by atoms with E-state index in [9.17, 15) is 15.3 Å². The van der Waals surface area contributed by atoms with Crippen LogP contribution < -0.4 is 4.90 Å². The van der Waals surface area contributed by atoms with Crippen molar-refractivity contribution in [3.05, 3.63) is 24.3 Å². The maximum absolute atomic E-state index is 9.66. The summed E-state index contributed by atoms with van der Waals surface area (Å²) in [7, 11) is 0. The SMILES string of the molecule is Oc1ccccc1N1CCOCC1(O)O. The van der Waals surface area contributed by atoms with Crippen LogP contribution in [0.15, 0.2) is 24.3 Å². The summed E-state index contributed by atoms with van der Waals surface area (Å²) in [4.78, 5) is 1.31. The van der Waals surface area contributed by atoms with Crippen molar-refractivity contribution in [2.45, 2.75) is 5.91 Å². The van der Waals surface area contributed by atoms with Crippen LogP contribution in [-0.2, 0) is 4.74 Å². The van der Waals surface area contributed by atoms with Crippen molar-refractivity contribution in [1.82, 2.24) is 0 Å². The van der Waals surface area contributed by atoms with Crippen molar-refractivity contribution < 1.29 is 20.1 Å². The van der Waals surface area contributed by atoms with E-state index in [1.165, 1.54) is 11.0 Å². The van der Waals surface area contributed by atoms with E-state index in [-0.39, 0.29) is 12.4 Å². The molecule has 1 heterocycles. The normalized spacial score (nSPS) is 20.3. The minimum Gasteiger partial charge on any atom is -0.506 e. The number of benzene rings is 1. The summed E-state index contributed by atoms with van der Waals surface area (Å²) in [5.74, 6) is -2.04. The lowest BCUT2D eigenvalue weighted by atomic mass is 10.2. The van der Waals surface area contributed by atoms with Gasteiger partial charge in [-0.25, -0.2) is 0 Å². The Morgan fingerprint density at radius 1 is 1.27 bits per heavy atom. The van der Waals surface area contributed by atoms with Gasteiger partial charge >= 0.3 is 0 Å². The van der Waals surface area contributed by atoms with E-state index < -0.39 is 5.91 Å². The van der Waals surface area contributed by atoms with Crippen LogP contribution in [0.25, 0.3) is 0 Å². The Hall–Kier alpha value is -1.30. The average molecular weight is 211 g/mol. The number of nitrogens with zero attached hydrogens (tertiary/aromatic N) is 1. The standard InChI is InChI=1S/C10H13NO4/c12-9-4-2-1-3-8(9)11-5-6-15-7-10(11,13)14/h1-4,12-14H,5-7H2. The van der Waals surface area contributed by atoms with Crippen LogP contribution in [-0.4, -0.2) is 41.0 Å². The third-order valence-electron chi connectivity index (χ3n) is 2.36. The van der Waals surface area contributed by atoms with Crippen LogP contribution in [0.4, 0.5) is 5.69 Å². The van der Waals surface area contributed by atoms with Gasteiger partial charge in [0.15, 0.2) is 0 Å². The minimum absolute atomic E-state index is 0.0203. The van der Waals surface area contributed by atoms with Crippen molar-refractivity contribution >= 4 is 5.69 Å². The Labute approximate surface area is 87.1 Å². The van der Waals surface area contributed by atoms with E-state index in [1.807, 2.05) is 0 Å². The molecule has 1 aliphatic rings. The molecular formula is C10H13NO4. The summed E-state index contributed by atoms with van der Waals surface area (Å²) in [6.45, 7) is 0.531. The van der Waals surface area contributed by atoms with Gasteiger partial charge in [0.2, 0.25) is 0 Å². The number of anilines is 1. The molecule has 1 aliphatic heterocycles. The van der Waals surface area contributed by atoms with Crippen LogP contribution >= 0.6 is 0 Å². The maximum Gasteiger partial charge on any atom is 0.271 e. The van der Waals surface area contributed by atoms with E-state index in [2.05, 4.69) is 0 Å². The number of morpholine rings is 1. The van der Waals surface area contributed by atoms with Crippen LogP contribution in [0.3, 0.4) is 0 Å². The maximum atomic E-state index is 9.66. The van der Waals surface area contributed by atoms with Crippen LogP contribution in [0.5, 0.6) is 5.75 Å². The highest BCUT2D eigenvalue weighted by atomic mass is 16.6. The van der Waals surface area contributed by atoms with Crippen molar-refractivity contribution in [2.24, 2.45) is 0 Å². The molecule has 0 aromatic heterocycles. The van der Waals surface area contributed by atoms with Gasteiger partial charge in [-0.15, -0.1) is 0 Å². The molecule has 0 spiro atoms. The fourth-order valence-corrected chi connectivity index (χ4v) is 1.63. The summed E-state index contributed by atoms with van der Waals surface area (Å²) < 4.78 is 4.95. The number of rotatable bonds is 1. The van der Waals surface area contributed by atoms with E-state index in [4.69, 9.17) is 4.74 Å². The second-order valence-corrected chi connectivity index (χ2v) is 3.47. The second-order valence-electron chi connectivity index (χ2n) is 3.47. The van der Waals surface area contributed by atoms with Crippen molar-refractivity contribution in [1.29, 1.82) is 0 Å². The molecule has 0 radical (unpaired) electrons. The molecule has 2 rings (SSSR count). The smallest absolute Gasteiger partial charge is 0.271 e. The third kappa shape index (κ3) is 1.90. The second kappa shape index (κ2) is 3.69. The van der Waals surface area contributed by atoms with Gasteiger partial charge in [0.25, 0.3) is 5.91 Å². The number of para-hydroxylation sites is 2. The van der Waals surface area contributed by atoms with Crippen molar-refractivity contribution in [2.75, 3.05) is 24.7 Å². The lowest BCUT2D eigenvalue weighted by Crippen LogP contribution is -2.57. The van der Waals surface area contributed by atoms with Gasteiger partial charge < -0.3 is 25.0 Å². The zero-order valence-corrected chi connectivity index (χ0v) is 8.13. The number of phenols is 1. The zero-order chi connectivity index (χ0) is 10.9. The predicted molar refractivity (Wildman–Crippen MR) is 53.4 cm³/mol. The zero-order valence-electron chi connectivity index (χ0n) is 8.13. The van der Waals surface area contributed by atoms with Crippen LogP contribution in [0, 0.1) is 0 Å². The number of hydrogen-bond donors (Lipinski definition) is 3. The molecule has 0 amide bonds. The summed E-state index contributed by atoms with van der Waals surface area (Å²) in [6.07, 6.45) is 0. The van der Waals surface area contributed by atoms with Crippen molar-refractivity contribution in [3.8, 4) is 5.75 Å². The molecule has 0 aliphatic carbocycles. The number of aliphatic hydroxyl groups is 2. The molecule has 5 heteroatoms. The third-order valence-corrected chi connectivity index (χ3v) is 2.36. The molecule has 0 unspecified atom stereocenters. The first-order valence-corrected chi connectivity index (χ1v) is 4.69. The molecule has 3 N–H and O–H groups in total. The highest BCUT2D eigenvalue weighted by molar-refractivity contribution is 5.58. The number of aromatic hydroxyl groups is 1. The van der Waals surface area contributed by atoms with Crippen molar-refractivity contribution in [3.63, 3.8) is 0 Å². The summed E-state index contributed by atoms with van der Waals surface area (Å²) in [6, 6.07) is 6.53. The number of hydrogen-bond acceptors (Lipinski definition) is 5. The van der Waals surface area contributed by atoms with Gasteiger partial charge in [0.05, 0.1) is 12.3 Å². The summed E-state index contributed by atoms with van der Waals surface area (Å²) in [5, 5.41) is 28.9. The molecule has 1 aromatic rings. The molecular weight excluding hydrogens is 198 g/mol.